The summed E-state index contributed by atoms with van der Waals surface area (Å²) >= 11 is 0. The predicted octanol–water partition coefficient (Wildman–Crippen LogP) is 3.68. The molecule has 98 valence electrons. The number of rotatable bonds is 2. The van der Waals surface area contributed by atoms with Crippen molar-refractivity contribution in [3.05, 3.63) is 29.8 Å². The average molecular weight is 245 g/mol. The fourth-order valence-electron chi connectivity index (χ4n) is 3.51. The molecule has 1 aliphatic carbocycles. The van der Waals surface area contributed by atoms with Crippen LogP contribution in [0.25, 0.3) is 0 Å². The Morgan fingerprint density at radius 3 is 2.67 bits per heavy atom. The maximum absolute atomic E-state index is 6.26. The predicted molar refractivity (Wildman–Crippen MR) is 73.9 cm³/mol. The Hall–Kier alpha value is -1.02. The minimum Gasteiger partial charge on any atom is -0.490 e. The van der Waals surface area contributed by atoms with Crippen LogP contribution in [-0.2, 0) is 0 Å². The minimum absolute atomic E-state index is 0.414. The third-order valence-corrected chi connectivity index (χ3v) is 4.56. The molecule has 0 spiro atoms. The summed E-state index contributed by atoms with van der Waals surface area (Å²) in [6.07, 6.45) is 8.42. The second kappa shape index (κ2) is 5.31. The summed E-state index contributed by atoms with van der Waals surface area (Å²) in [6, 6.07) is 8.95. The van der Waals surface area contributed by atoms with E-state index in [2.05, 4.69) is 36.6 Å². The molecule has 2 heteroatoms. The number of hydrogen-bond acceptors (Lipinski definition) is 2. The SMILES string of the molecule is CNC1CC(C2CCCCC2)Oc2ccccc21. The van der Waals surface area contributed by atoms with Crippen LogP contribution in [0.1, 0.15) is 50.1 Å². The van der Waals surface area contributed by atoms with Crippen molar-refractivity contribution in [2.45, 2.75) is 50.7 Å². The van der Waals surface area contributed by atoms with Crippen LogP contribution in [0, 0.1) is 5.92 Å². The van der Waals surface area contributed by atoms with E-state index in [1.807, 2.05) is 0 Å². The zero-order valence-corrected chi connectivity index (χ0v) is 11.2. The molecule has 0 aromatic heterocycles. The number of ether oxygens (including phenoxy) is 1. The molecule has 1 N–H and O–H groups in total. The molecule has 2 atom stereocenters. The minimum atomic E-state index is 0.414. The average Bonchev–Trinajstić information content (AvgIpc) is 2.47. The molecule has 2 unspecified atom stereocenters. The molecular formula is C16H23NO. The van der Waals surface area contributed by atoms with Crippen LogP contribution in [0.3, 0.4) is 0 Å². The highest BCUT2D eigenvalue weighted by Crippen LogP contribution is 2.39. The van der Waals surface area contributed by atoms with Gasteiger partial charge in [-0.25, -0.2) is 0 Å². The van der Waals surface area contributed by atoms with E-state index in [-0.39, 0.29) is 0 Å². The van der Waals surface area contributed by atoms with Gasteiger partial charge in [-0.2, -0.15) is 0 Å². The smallest absolute Gasteiger partial charge is 0.124 e. The quantitative estimate of drug-likeness (QED) is 0.858. The second-order valence-electron chi connectivity index (χ2n) is 5.67. The van der Waals surface area contributed by atoms with Gasteiger partial charge in [-0.05, 0) is 31.9 Å². The van der Waals surface area contributed by atoms with Crippen molar-refractivity contribution < 1.29 is 4.74 Å². The molecule has 1 heterocycles. The van der Waals surface area contributed by atoms with Crippen LogP contribution < -0.4 is 10.1 Å². The molecule has 1 aliphatic heterocycles. The Bertz CT molecular complexity index is 398. The molecular weight excluding hydrogens is 222 g/mol. The molecule has 1 saturated carbocycles. The van der Waals surface area contributed by atoms with Gasteiger partial charge < -0.3 is 10.1 Å². The van der Waals surface area contributed by atoms with Gasteiger partial charge >= 0.3 is 0 Å². The zero-order valence-electron chi connectivity index (χ0n) is 11.2. The van der Waals surface area contributed by atoms with Crippen LogP contribution in [0.15, 0.2) is 24.3 Å². The van der Waals surface area contributed by atoms with Gasteiger partial charge in [0.2, 0.25) is 0 Å². The van der Waals surface area contributed by atoms with E-state index in [1.54, 1.807) is 0 Å². The number of nitrogens with one attached hydrogen (secondary N) is 1. The first-order valence-corrected chi connectivity index (χ1v) is 7.31. The third-order valence-electron chi connectivity index (χ3n) is 4.56. The van der Waals surface area contributed by atoms with Crippen LogP contribution >= 0.6 is 0 Å². The van der Waals surface area contributed by atoms with Crippen LogP contribution in [0.5, 0.6) is 5.75 Å². The number of hydrogen-bond donors (Lipinski definition) is 1. The van der Waals surface area contributed by atoms with E-state index in [4.69, 9.17) is 4.74 Å². The highest BCUT2D eigenvalue weighted by atomic mass is 16.5. The van der Waals surface area contributed by atoms with Gasteiger partial charge in [0.1, 0.15) is 11.9 Å². The van der Waals surface area contributed by atoms with E-state index in [0.29, 0.717) is 12.1 Å². The van der Waals surface area contributed by atoms with Crippen molar-refractivity contribution in [2.75, 3.05) is 7.05 Å². The van der Waals surface area contributed by atoms with Crippen LogP contribution in [0.2, 0.25) is 0 Å². The number of benzene rings is 1. The first-order valence-electron chi connectivity index (χ1n) is 7.31. The Kier molecular flexibility index (Phi) is 3.55. The topological polar surface area (TPSA) is 21.3 Å². The molecule has 0 amide bonds. The molecule has 3 rings (SSSR count). The van der Waals surface area contributed by atoms with Crippen molar-refractivity contribution in [3.63, 3.8) is 0 Å². The van der Waals surface area contributed by atoms with Crippen molar-refractivity contribution >= 4 is 0 Å². The molecule has 0 radical (unpaired) electrons. The van der Waals surface area contributed by atoms with Gasteiger partial charge in [0.05, 0.1) is 0 Å². The lowest BCUT2D eigenvalue weighted by atomic mass is 9.81. The van der Waals surface area contributed by atoms with Crippen LogP contribution in [0.4, 0.5) is 0 Å². The van der Waals surface area contributed by atoms with Crippen molar-refractivity contribution in [1.82, 2.24) is 5.32 Å². The zero-order chi connectivity index (χ0) is 12.4. The maximum Gasteiger partial charge on any atom is 0.124 e. The maximum atomic E-state index is 6.26. The summed E-state index contributed by atoms with van der Waals surface area (Å²) in [5, 5.41) is 3.45. The Morgan fingerprint density at radius 1 is 1.11 bits per heavy atom. The third kappa shape index (κ3) is 2.26. The standard InChI is InChI=1S/C16H23NO/c1-17-14-11-16(12-7-3-2-4-8-12)18-15-10-6-5-9-13(14)15/h5-6,9-10,12,14,16-17H,2-4,7-8,11H2,1H3. The van der Waals surface area contributed by atoms with Crippen molar-refractivity contribution in [1.29, 1.82) is 0 Å². The highest BCUT2D eigenvalue weighted by Gasteiger charge is 2.32. The van der Waals surface area contributed by atoms with Crippen molar-refractivity contribution in [2.24, 2.45) is 5.92 Å². The molecule has 2 aliphatic rings. The molecule has 2 nitrogen and oxygen atoms in total. The Labute approximate surface area is 110 Å². The van der Waals surface area contributed by atoms with E-state index in [0.717, 1.165) is 18.1 Å². The fourth-order valence-corrected chi connectivity index (χ4v) is 3.51. The normalized spacial score (nSPS) is 28.5. The summed E-state index contributed by atoms with van der Waals surface area (Å²) < 4.78 is 6.26. The Morgan fingerprint density at radius 2 is 1.89 bits per heavy atom. The highest BCUT2D eigenvalue weighted by molar-refractivity contribution is 5.38. The van der Waals surface area contributed by atoms with Gasteiger partial charge in [0, 0.05) is 18.0 Å². The summed E-state index contributed by atoms with van der Waals surface area (Å²) in [7, 11) is 2.06. The summed E-state index contributed by atoms with van der Waals surface area (Å²) in [6.45, 7) is 0. The lowest BCUT2D eigenvalue weighted by Crippen LogP contribution is -2.37. The monoisotopic (exact) mass is 245 g/mol. The van der Waals surface area contributed by atoms with E-state index in [9.17, 15) is 0 Å². The second-order valence-corrected chi connectivity index (χ2v) is 5.67. The summed E-state index contributed by atoms with van der Waals surface area (Å²) in [4.78, 5) is 0. The summed E-state index contributed by atoms with van der Waals surface area (Å²) in [5.41, 5.74) is 1.33. The molecule has 0 bridgehead atoms. The number of para-hydroxylation sites is 1. The van der Waals surface area contributed by atoms with Gasteiger partial charge in [0.15, 0.2) is 0 Å². The van der Waals surface area contributed by atoms with E-state index < -0.39 is 0 Å². The largest absolute Gasteiger partial charge is 0.490 e. The lowest BCUT2D eigenvalue weighted by molar-refractivity contribution is 0.0740. The van der Waals surface area contributed by atoms with Gasteiger partial charge in [-0.1, -0.05) is 37.5 Å². The van der Waals surface area contributed by atoms with Gasteiger partial charge in [-0.15, -0.1) is 0 Å². The van der Waals surface area contributed by atoms with E-state index in [1.165, 1.54) is 37.7 Å². The summed E-state index contributed by atoms with van der Waals surface area (Å²) in [5.74, 6) is 1.86. The molecule has 1 aromatic rings. The molecule has 0 saturated heterocycles. The van der Waals surface area contributed by atoms with E-state index >= 15 is 0 Å². The lowest BCUT2D eigenvalue weighted by Gasteiger charge is -2.37. The van der Waals surface area contributed by atoms with Gasteiger partial charge in [0.25, 0.3) is 0 Å². The fraction of sp³-hybridized carbons (Fsp3) is 0.625. The molecule has 1 fully saturated rings. The van der Waals surface area contributed by atoms with Crippen LogP contribution in [-0.4, -0.2) is 13.2 Å². The van der Waals surface area contributed by atoms with Crippen molar-refractivity contribution in [3.8, 4) is 5.75 Å². The first kappa shape index (κ1) is 12.0. The first-order chi connectivity index (χ1) is 8.88. The molecule has 1 aromatic carbocycles. The number of fused-ring (bicyclic) bond motifs is 1. The Balaban J connectivity index is 1.80. The molecule has 18 heavy (non-hydrogen) atoms. The van der Waals surface area contributed by atoms with Gasteiger partial charge in [-0.3, -0.25) is 0 Å².